The van der Waals surface area contributed by atoms with Crippen LogP contribution in [-0.4, -0.2) is 45.8 Å². The van der Waals surface area contributed by atoms with Crippen LogP contribution < -0.4 is 4.74 Å². The molecule has 1 aliphatic heterocycles. The van der Waals surface area contributed by atoms with Crippen LogP contribution in [0.3, 0.4) is 0 Å². The highest BCUT2D eigenvalue weighted by atomic mass is 35.5. The molecule has 1 aromatic rings. The first-order valence-electron chi connectivity index (χ1n) is 7.46. The molecule has 1 amide bonds. The molecule has 0 N–H and O–H groups in total. The minimum atomic E-state index is -0.504. The van der Waals surface area contributed by atoms with Crippen LogP contribution in [0.5, 0.6) is 6.01 Å². The summed E-state index contributed by atoms with van der Waals surface area (Å²) in [6.45, 7) is 6.60. The van der Waals surface area contributed by atoms with E-state index in [0.29, 0.717) is 18.3 Å². The van der Waals surface area contributed by atoms with Gasteiger partial charge >= 0.3 is 12.1 Å². The summed E-state index contributed by atoms with van der Waals surface area (Å²) >= 11 is 5.80. The highest BCUT2D eigenvalue weighted by Gasteiger charge is 2.31. The predicted octanol–water partition coefficient (Wildman–Crippen LogP) is 3.30. The zero-order valence-electron chi connectivity index (χ0n) is 13.2. The first-order valence-corrected chi connectivity index (χ1v) is 7.84. The van der Waals surface area contributed by atoms with Gasteiger partial charge in [0.25, 0.3) is 0 Å². The maximum Gasteiger partial charge on any atom is 0.410 e. The molecule has 2 heterocycles. The molecular weight excluding hydrogens is 306 g/mol. The molecule has 0 aromatic carbocycles. The first-order chi connectivity index (χ1) is 10.3. The van der Waals surface area contributed by atoms with Gasteiger partial charge < -0.3 is 14.4 Å². The van der Waals surface area contributed by atoms with Crippen LogP contribution in [0.15, 0.2) is 12.3 Å². The van der Waals surface area contributed by atoms with Gasteiger partial charge in [0.1, 0.15) is 17.4 Å². The second-order valence-corrected chi connectivity index (χ2v) is 6.68. The van der Waals surface area contributed by atoms with Crippen molar-refractivity contribution < 1.29 is 14.3 Å². The van der Waals surface area contributed by atoms with E-state index < -0.39 is 5.60 Å². The Hall–Kier alpha value is -1.56. The number of hydrogen-bond acceptors (Lipinski definition) is 5. The van der Waals surface area contributed by atoms with Gasteiger partial charge in [-0.1, -0.05) is 11.6 Å². The van der Waals surface area contributed by atoms with Crippen molar-refractivity contribution in [2.75, 3.05) is 13.2 Å². The Kier molecular flexibility index (Phi) is 5.45. The summed E-state index contributed by atoms with van der Waals surface area (Å²) in [5.74, 6) is 0. The Balaban J connectivity index is 1.96. The predicted molar refractivity (Wildman–Crippen MR) is 83.1 cm³/mol. The fourth-order valence-electron chi connectivity index (χ4n) is 2.30. The smallest absolute Gasteiger partial charge is 0.410 e. The Labute approximate surface area is 135 Å². The van der Waals surface area contributed by atoms with Gasteiger partial charge in [-0.05, 0) is 46.1 Å². The summed E-state index contributed by atoms with van der Waals surface area (Å²) < 4.78 is 11.0. The molecule has 0 radical (unpaired) electrons. The van der Waals surface area contributed by atoms with E-state index in [1.165, 1.54) is 6.20 Å². The zero-order valence-corrected chi connectivity index (χ0v) is 14.0. The van der Waals surface area contributed by atoms with Crippen LogP contribution >= 0.6 is 11.6 Å². The number of piperidine rings is 1. The fourth-order valence-corrected chi connectivity index (χ4v) is 2.42. The molecular formula is C15H22ClN3O3. The lowest BCUT2D eigenvalue weighted by atomic mass is 10.0. The van der Waals surface area contributed by atoms with Crippen LogP contribution in [-0.2, 0) is 4.74 Å². The molecule has 7 heteroatoms. The minimum absolute atomic E-state index is 0.0359. The van der Waals surface area contributed by atoms with Crippen molar-refractivity contribution in [2.24, 2.45) is 0 Å². The van der Waals surface area contributed by atoms with Crippen molar-refractivity contribution in [2.45, 2.75) is 51.7 Å². The Morgan fingerprint density at radius 2 is 2.23 bits per heavy atom. The largest absolute Gasteiger partial charge is 0.461 e. The van der Waals surface area contributed by atoms with E-state index in [2.05, 4.69) is 9.97 Å². The topological polar surface area (TPSA) is 64.5 Å². The van der Waals surface area contributed by atoms with Crippen molar-refractivity contribution in [1.29, 1.82) is 0 Å². The van der Waals surface area contributed by atoms with E-state index in [4.69, 9.17) is 21.1 Å². The van der Waals surface area contributed by atoms with E-state index in [1.807, 2.05) is 20.8 Å². The van der Waals surface area contributed by atoms with Gasteiger partial charge in [0.05, 0.1) is 6.04 Å². The second kappa shape index (κ2) is 7.13. The van der Waals surface area contributed by atoms with Crippen LogP contribution in [0.1, 0.15) is 40.0 Å². The quantitative estimate of drug-likeness (QED) is 0.797. The summed E-state index contributed by atoms with van der Waals surface area (Å²) in [5.41, 5.74) is -0.504. The number of amides is 1. The van der Waals surface area contributed by atoms with E-state index in [-0.39, 0.29) is 18.1 Å². The maximum absolute atomic E-state index is 12.3. The van der Waals surface area contributed by atoms with Gasteiger partial charge in [-0.25, -0.2) is 9.78 Å². The molecule has 1 aromatic heterocycles. The van der Waals surface area contributed by atoms with Crippen molar-refractivity contribution in [3.05, 3.63) is 17.4 Å². The highest BCUT2D eigenvalue weighted by molar-refractivity contribution is 6.29. The summed E-state index contributed by atoms with van der Waals surface area (Å²) in [4.78, 5) is 22.0. The third-order valence-electron chi connectivity index (χ3n) is 3.26. The number of likely N-dealkylation sites (tertiary alicyclic amines) is 1. The van der Waals surface area contributed by atoms with Crippen LogP contribution in [0.4, 0.5) is 4.79 Å². The van der Waals surface area contributed by atoms with Gasteiger partial charge in [-0.15, -0.1) is 0 Å². The molecule has 0 saturated carbocycles. The summed E-state index contributed by atoms with van der Waals surface area (Å²) in [6.07, 6.45) is 4.15. The molecule has 6 nitrogen and oxygen atoms in total. The molecule has 0 bridgehead atoms. The molecule has 1 fully saturated rings. The molecule has 1 aliphatic rings. The zero-order chi connectivity index (χ0) is 16.2. The third kappa shape index (κ3) is 5.02. The Morgan fingerprint density at radius 3 is 2.91 bits per heavy atom. The number of ether oxygens (including phenoxy) is 2. The molecule has 22 heavy (non-hydrogen) atoms. The van der Waals surface area contributed by atoms with Crippen molar-refractivity contribution in [3.63, 3.8) is 0 Å². The fraction of sp³-hybridized carbons (Fsp3) is 0.667. The van der Waals surface area contributed by atoms with E-state index in [0.717, 1.165) is 19.3 Å². The van der Waals surface area contributed by atoms with Crippen LogP contribution in [0, 0.1) is 0 Å². The van der Waals surface area contributed by atoms with E-state index >= 15 is 0 Å². The summed E-state index contributed by atoms with van der Waals surface area (Å²) in [6, 6.07) is 1.77. The van der Waals surface area contributed by atoms with Gasteiger partial charge in [0, 0.05) is 12.7 Å². The van der Waals surface area contributed by atoms with Gasteiger partial charge in [0.2, 0.25) is 0 Å². The van der Waals surface area contributed by atoms with Crippen molar-refractivity contribution >= 4 is 17.7 Å². The third-order valence-corrected chi connectivity index (χ3v) is 3.47. The first kappa shape index (κ1) is 16.8. The lowest BCUT2D eigenvalue weighted by Gasteiger charge is -2.36. The number of carbonyl (C=O) groups excluding carboxylic acids is 1. The van der Waals surface area contributed by atoms with E-state index in [1.54, 1.807) is 11.0 Å². The minimum Gasteiger partial charge on any atom is -0.461 e. The van der Waals surface area contributed by atoms with Crippen molar-refractivity contribution in [3.8, 4) is 6.01 Å². The van der Waals surface area contributed by atoms with Gasteiger partial charge in [0.15, 0.2) is 0 Å². The monoisotopic (exact) mass is 327 g/mol. The number of carbonyl (C=O) groups is 1. The average Bonchev–Trinajstić information content (AvgIpc) is 2.44. The number of nitrogens with zero attached hydrogens (tertiary/aromatic N) is 3. The van der Waals surface area contributed by atoms with Crippen molar-refractivity contribution in [1.82, 2.24) is 14.9 Å². The van der Waals surface area contributed by atoms with Crippen LogP contribution in [0.2, 0.25) is 5.15 Å². The number of rotatable bonds is 3. The molecule has 122 valence electrons. The molecule has 1 atom stereocenters. The highest BCUT2D eigenvalue weighted by Crippen LogP contribution is 2.21. The van der Waals surface area contributed by atoms with E-state index in [9.17, 15) is 4.79 Å². The normalized spacial score (nSPS) is 18.9. The van der Waals surface area contributed by atoms with Gasteiger partial charge in [-0.2, -0.15) is 4.98 Å². The Morgan fingerprint density at radius 1 is 1.45 bits per heavy atom. The standard InChI is InChI=1S/C15H22ClN3O3/c1-15(2,3)22-14(20)19-9-5-4-6-11(19)10-21-13-17-8-7-12(16)18-13/h7-8,11H,4-6,9-10H2,1-3H3. The summed E-state index contributed by atoms with van der Waals surface area (Å²) in [5, 5.41) is 0.331. The molecule has 1 unspecified atom stereocenters. The average molecular weight is 328 g/mol. The second-order valence-electron chi connectivity index (χ2n) is 6.30. The number of halogens is 1. The number of aromatic nitrogens is 2. The SMILES string of the molecule is CC(C)(C)OC(=O)N1CCCCC1COc1nccc(Cl)n1. The molecule has 2 rings (SSSR count). The summed E-state index contributed by atoms with van der Waals surface area (Å²) in [7, 11) is 0. The Bertz CT molecular complexity index is 519. The molecule has 1 saturated heterocycles. The molecule has 0 aliphatic carbocycles. The lowest BCUT2D eigenvalue weighted by molar-refractivity contribution is 0.00306. The maximum atomic E-state index is 12.3. The molecule has 0 spiro atoms. The van der Waals surface area contributed by atoms with Crippen LogP contribution in [0.25, 0.3) is 0 Å². The lowest BCUT2D eigenvalue weighted by Crippen LogP contribution is -2.48. The van der Waals surface area contributed by atoms with Gasteiger partial charge in [-0.3, -0.25) is 0 Å². The number of hydrogen-bond donors (Lipinski definition) is 0.